The van der Waals surface area contributed by atoms with Gasteiger partial charge in [-0.05, 0) is 44.1 Å². The van der Waals surface area contributed by atoms with Gasteiger partial charge in [0.25, 0.3) is 0 Å². The lowest BCUT2D eigenvalue weighted by Crippen LogP contribution is -1.91. The summed E-state index contributed by atoms with van der Waals surface area (Å²) in [6, 6.07) is 0. The Balaban J connectivity index is 1.97. The molecule has 0 aromatic heterocycles. The zero-order chi connectivity index (χ0) is 12.5. The highest BCUT2D eigenvalue weighted by molar-refractivity contribution is 5.17. The van der Waals surface area contributed by atoms with Crippen molar-refractivity contribution in [3.8, 4) is 11.8 Å². The third-order valence-corrected chi connectivity index (χ3v) is 3.45. The van der Waals surface area contributed by atoms with E-state index in [0.717, 1.165) is 18.3 Å². The van der Waals surface area contributed by atoms with Gasteiger partial charge in [0.15, 0.2) is 0 Å². The van der Waals surface area contributed by atoms with Crippen LogP contribution in [0.4, 0.5) is 0 Å². The van der Waals surface area contributed by atoms with Crippen LogP contribution in [0, 0.1) is 23.7 Å². The van der Waals surface area contributed by atoms with Crippen molar-refractivity contribution in [2.45, 2.75) is 64.9 Å². The fourth-order valence-corrected chi connectivity index (χ4v) is 2.30. The predicted molar refractivity (Wildman–Crippen MR) is 73.6 cm³/mol. The lowest BCUT2D eigenvalue weighted by Gasteiger charge is -1.97. The normalized spacial score (nSPS) is 24.4. The minimum absolute atomic E-state index is 0.508. The fourth-order valence-electron chi connectivity index (χ4n) is 2.30. The number of rotatable bonds is 7. The van der Waals surface area contributed by atoms with E-state index in [1.54, 1.807) is 6.92 Å². The van der Waals surface area contributed by atoms with Gasteiger partial charge < -0.3 is 5.11 Å². The number of aliphatic hydroxyl groups excluding tert-OH is 1. The third kappa shape index (κ3) is 7.23. The van der Waals surface area contributed by atoms with Crippen LogP contribution in [0.15, 0.2) is 12.2 Å². The Bertz CT molecular complexity index is 280. The standard InChI is InChI=1S/C16H26O/c1-3-4-7-11-15-13-16(15)12-9-6-5-8-10-14(2)17/h5-6,14-17H,3-4,7,9,11-13H2,1-2H3/b6-5-/t14?,15-,16-/m1/s1. The molecule has 1 saturated carbocycles. The first-order valence-electron chi connectivity index (χ1n) is 7.08. The lowest BCUT2D eigenvalue weighted by molar-refractivity contribution is 0.253. The average Bonchev–Trinajstić information content (AvgIpc) is 3.02. The zero-order valence-electron chi connectivity index (χ0n) is 11.3. The van der Waals surface area contributed by atoms with Crippen LogP contribution < -0.4 is 0 Å². The van der Waals surface area contributed by atoms with E-state index >= 15 is 0 Å². The van der Waals surface area contributed by atoms with Crippen molar-refractivity contribution in [1.82, 2.24) is 0 Å². The van der Waals surface area contributed by atoms with Gasteiger partial charge >= 0.3 is 0 Å². The summed E-state index contributed by atoms with van der Waals surface area (Å²) in [5.41, 5.74) is 0. The molecule has 1 heteroatoms. The molecule has 0 heterocycles. The molecule has 1 aliphatic rings. The van der Waals surface area contributed by atoms with Gasteiger partial charge in [-0.15, -0.1) is 0 Å². The molecule has 0 amide bonds. The van der Waals surface area contributed by atoms with Crippen molar-refractivity contribution < 1.29 is 5.11 Å². The SMILES string of the molecule is CCCCC[C@@H]1C[C@H]1CC/C=C\C#CC(C)O. The molecule has 0 radical (unpaired) electrons. The van der Waals surface area contributed by atoms with Crippen molar-refractivity contribution >= 4 is 0 Å². The summed E-state index contributed by atoms with van der Waals surface area (Å²) in [6.07, 6.45) is 13.0. The van der Waals surface area contributed by atoms with E-state index in [1.165, 1.54) is 38.5 Å². The molecule has 0 aliphatic heterocycles. The average molecular weight is 234 g/mol. The van der Waals surface area contributed by atoms with E-state index < -0.39 is 6.10 Å². The molecule has 0 saturated heterocycles. The highest BCUT2D eigenvalue weighted by atomic mass is 16.3. The van der Waals surface area contributed by atoms with Gasteiger partial charge in [-0.25, -0.2) is 0 Å². The summed E-state index contributed by atoms with van der Waals surface area (Å²) in [4.78, 5) is 0. The minimum Gasteiger partial charge on any atom is -0.381 e. The van der Waals surface area contributed by atoms with Crippen molar-refractivity contribution in [2.24, 2.45) is 11.8 Å². The molecule has 0 aromatic carbocycles. The smallest absolute Gasteiger partial charge is 0.112 e. The number of hydrogen-bond acceptors (Lipinski definition) is 1. The van der Waals surface area contributed by atoms with Crippen LogP contribution in [0.5, 0.6) is 0 Å². The maximum atomic E-state index is 8.94. The first-order valence-corrected chi connectivity index (χ1v) is 7.08. The summed E-state index contributed by atoms with van der Waals surface area (Å²) in [5.74, 6) is 7.58. The molecule has 1 aliphatic carbocycles. The lowest BCUT2D eigenvalue weighted by atomic mass is 10.1. The molecule has 17 heavy (non-hydrogen) atoms. The molecular formula is C16H26O. The van der Waals surface area contributed by atoms with Crippen molar-refractivity contribution in [3.05, 3.63) is 12.2 Å². The van der Waals surface area contributed by atoms with Gasteiger partial charge in [-0.1, -0.05) is 50.5 Å². The summed E-state index contributed by atoms with van der Waals surface area (Å²) >= 11 is 0. The third-order valence-electron chi connectivity index (χ3n) is 3.45. The van der Waals surface area contributed by atoms with E-state index in [4.69, 9.17) is 5.11 Å². The molecule has 1 fully saturated rings. The largest absolute Gasteiger partial charge is 0.381 e. The second-order valence-electron chi connectivity index (χ2n) is 5.20. The summed E-state index contributed by atoms with van der Waals surface area (Å²) < 4.78 is 0. The molecule has 1 rings (SSSR count). The quantitative estimate of drug-likeness (QED) is 0.523. The van der Waals surface area contributed by atoms with Gasteiger partial charge in [-0.2, -0.15) is 0 Å². The van der Waals surface area contributed by atoms with Gasteiger partial charge in [-0.3, -0.25) is 0 Å². The molecule has 0 aromatic rings. The van der Waals surface area contributed by atoms with E-state index in [0.29, 0.717) is 0 Å². The number of aliphatic hydroxyl groups is 1. The molecule has 0 spiro atoms. The van der Waals surface area contributed by atoms with Crippen LogP contribution in [0.3, 0.4) is 0 Å². The molecule has 1 unspecified atom stereocenters. The van der Waals surface area contributed by atoms with Crippen molar-refractivity contribution in [1.29, 1.82) is 0 Å². The minimum atomic E-state index is -0.508. The Labute approximate surface area is 106 Å². The van der Waals surface area contributed by atoms with Gasteiger partial charge in [0.2, 0.25) is 0 Å². The molecule has 1 N–H and O–H groups in total. The number of allylic oxidation sites excluding steroid dienone is 2. The predicted octanol–water partition coefficient (Wildman–Crippen LogP) is 3.92. The van der Waals surface area contributed by atoms with Crippen LogP contribution in [0.2, 0.25) is 0 Å². The van der Waals surface area contributed by atoms with Gasteiger partial charge in [0.1, 0.15) is 6.10 Å². The number of unbranched alkanes of at least 4 members (excludes halogenated alkanes) is 2. The van der Waals surface area contributed by atoms with Crippen LogP contribution in [-0.4, -0.2) is 11.2 Å². The van der Waals surface area contributed by atoms with Gasteiger partial charge in [0, 0.05) is 0 Å². The molecule has 1 nitrogen and oxygen atoms in total. The Morgan fingerprint density at radius 1 is 1.29 bits per heavy atom. The van der Waals surface area contributed by atoms with E-state index in [-0.39, 0.29) is 0 Å². The first-order chi connectivity index (χ1) is 8.24. The van der Waals surface area contributed by atoms with Crippen LogP contribution in [-0.2, 0) is 0 Å². The van der Waals surface area contributed by atoms with E-state index in [9.17, 15) is 0 Å². The Kier molecular flexibility index (Phi) is 7.05. The second kappa shape index (κ2) is 8.37. The van der Waals surface area contributed by atoms with Gasteiger partial charge in [0.05, 0.1) is 0 Å². The Morgan fingerprint density at radius 3 is 2.76 bits per heavy atom. The zero-order valence-corrected chi connectivity index (χ0v) is 11.3. The number of hydrogen-bond donors (Lipinski definition) is 1. The maximum Gasteiger partial charge on any atom is 0.112 e. The first kappa shape index (κ1) is 14.3. The molecule has 3 atom stereocenters. The van der Waals surface area contributed by atoms with Crippen LogP contribution in [0.1, 0.15) is 58.8 Å². The maximum absolute atomic E-state index is 8.94. The van der Waals surface area contributed by atoms with Crippen LogP contribution in [0.25, 0.3) is 0 Å². The molecule has 96 valence electrons. The molecular weight excluding hydrogens is 208 g/mol. The van der Waals surface area contributed by atoms with E-state index in [2.05, 4.69) is 24.8 Å². The van der Waals surface area contributed by atoms with E-state index in [1.807, 2.05) is 6.08 Å². The fraction of sp³-hybridized carbons (Fsp3) is 0.750. The topological polar surface area (TPSA) is 20.2 Å². The summed E-state index contributed by atoms with van der Waals surface area (Å²) in [7, 11) is 0. The molecule has 0 bridgehead atoms. The van der Waals surface area contributed by atoms with Crippen molar-refractivity contribution in [3.63, 3.8) is 0 Å². The highest BCUT2D eigenvalue weighted by Crippen LogP contribution is 2.45. The second-order valence-corrected chi connectivity index (χ2v) is 5.20. The summed E-state index contributed by atoms with van der Waals surface area (Å²) in [6.45, 7) is 3.95. The Morgan fingerprint density at radius 2 is 2.06 bits per heavy atom. The monoisotopic (exact) mass is 234 g/mol. The Hall–Kier alpha value is -0.740. The highest BCUT2D eigenvalue weighted by Gasteiger charge is 2.34. The van der Waals surface area contributed by atoms with Crippen molar-refractivity contribution in [2.75, 3.05) is 0 Å². The van der Waals surface area contributed by atoms with Crippen LogP contribution >= 0.6 is 0 Å². The summed E-state index contributed by atoms with van der Waals surface area (Å²) in [5, 5.41) is 8.94.